The fourth-order valence-electron chi connectivity index (χ4n) is 3.13. The lowest BCUT2D eigenvalue weighted by Crippen LogP contribution is -2.19. The predicted octanol–water partition coefficient (Wildman–Crippen LogP) is 3.74. The van der Waals surface area contributed by atoms with Gasteiger partial charge in [0.25, 0.3) is 0 Å². The van der Waals surface area contributed by atoms with Crippen LogP contribution in [0.4, 0.5) is 0 Å². The number of rotatable bonds is 5. The second-order valence-corrected chi connectivity index (χ2v) is 6.05. The Kier molecular flexibility index (Phi) is 3.43. The summed E-state index contributed by atoms with van der Waals surface area (Å²) in [4.78, 5) is 0. The highest BCUT2D eigenvalue weighted by Crippen LogP contribution is 2.53. The third kappa shape index (κ3) is 2.29. The molecule has 3 rings (SSSR count). The summed E-state index contributed by atoms with van der Waals surface area (Å²) >= 11 is 0. The summed E-state index contributed by atoms with van der Waals surface area (Å²) in [7, 11) is 1.71. The fourth-order valence-corrected chi connectivity index (χ4v) is 3.13. The van der Waals surface area contributed by atoms with Gasteiger partial charge in [0.1, 0.15) is 5.75 Å². The van der Waals surface area contributed by atoms with Gasteiger partial charge in [-0.1, -0.05) is 38.1 Å². The predicted molar refractivity (Wildman–Crippen MR) is 84.5 cm³/mol. The first-order valence-corrected chi connectivity index (χ1v) is 7.46. The maximum atomic E-state index is 5.29. The Morgan fingerprint density at radius 2 is 1.95 bits per heavy atom. The van der Waals surface area contributed by atoms with Crippen LogP contribution in [0.5, 0.6) is 5.75 Å². The monoisotopic (exact) mass is 269 g/mol. The molecule has 0 aromatic heterocycles. The molecular formula is C18H23NO. The highest BCUT2D eigenvalue weighted by atomic mass is 16.5. The average Bonchev–Trinajstić information content (AvgIpc) is 3.16. The number of ether oxygens (including phenoxy) is 1. The summed E-state index contributed by atoms with van der Waals surface area (Å²) in [6.45, 7) is 6.75. The molecule has 0 spiro atoms. The van der Waals surface area contributed by atoms with Crippen molar-refractivity contribution in [2.75, 3.05) is 20.2 Å². The zero-order valence-corrected chi connectivity index (χ0v) is 12.6. The van der Waals surface area contributed by atoms with Crippen molar-refractivity contribution in [1.82, 2.24) is 5.32 Å². The van der Waals surface area contributed by atoms with Crippen molar-refractivity contribution in [2.24, 2.45) is 5.92 Å². The molecule has 1 aliphatic carbocycles. The number of benzene rings is 2. The number of fused-ring (bicyclic) bond motifs is 1. The van der Waals surface area contributed by atoms with Crippen LogP contribution in [0.1, 0.15) is 25.8 Å². The van der Waals surface area contributed by atoms with Gasteiger partial charge in [0.05, 0.1) is 7.11 Å². The van der Waals surface area contributed by atoms with Gasteiger partial charge < -0.3 is 10.1 Å². The van der Waals surface area contributed by atoms with E-state index in [1.807, 2.05) is 6.07 Å². The highest BCUT2D eigenvalue weighted by Gasteiger charge is 2.50. The van der Waals surface area contributed by atoms with Crippen LogP contribution in [0.25, 0.3) is 10.8 Å². The van der Waals surface area contributed by atoms with Gasteiger partial charge in [0.15, 0.2) is 0 Å². The molecule has 0 amide bonds. The topological polar surface area (TPSA) is 21.3 Å². The number of nitrogens with one attached hydrogen (secondary N) is 1. The molecule has 106 valence electrons. The fraction of sp³-hybridized carbons (Fsp3) is 0.444. The van der Waals surface area contributed by atoms with E-state index >= 15 is 0 Å². The normalized spacial score (nSPS) is 24.9. The maximum absolute atomic E-state index is 5.29. The van der Waals surface area contributed by atoms with Crippen LogP contribution < -0.4 is 10.1 Å². The lowest BCUT2D eigenvalue weighted by atomic mass is 9.93. The first-order valence-electron chi connectivity index (χ1n) is 7.46. The third-order valence-corrected chi connectivity index (χ3v) is 4.76. The molecule has 2 nitrogen and oxygen atoms in total. The molecule has 0 heterocycles. The largest absolute Gasteiger partial charge is 0.497 e. The lowest BCUT2D eigenvalue weighted by molar-refractivity contribution is 0.415. The van der Waals surface area contributed by atoms with Crippen LogP contribution in [0, 0.1) is 5.92 Å². The van der Waals surface area contributed by atoms with Gasteiger partial charge >= 0.3 is 0 Å². The van der Waals surface area contributed by atoms with E-state index in [4.69, 9.17) is 4.74 Å². The van der Waals surface area contributed by atoms with Gasteiger partial charge in [-0.3, -0.25) is 0 Å². The molecule has 2 unspecified atom stereocenters. The minimum absolute atomic E-state index is 0.357. The summed E-state index contributed by atoms with van der Waals surface area (Å²) in [6, 6.07) is 13.2. The van der Waals surface area contributed by atoms with Gasteiger partial charge in [-0.25, -0.2) is 0 Å². The summed E-state index contributed by atoms with van der Waals surface area (Å²) < 4.78 is 5.29. The van der Waals surface area contributed by atoms with E-state index in [1.165, 1.54) is 22.8 Å². The van der Waals surface area contributed by atoms with E-state index in [9.17, 15) is 0 Å². The summed E-state index contributed by atoms with van der Waals surface area (Å²) in [5.41, 5.74) is 1.83. The van der Waals surface area contributed by atoms with E-state index in [1.54, 1.807) is 7.11 Å². The number of hydrogen-bond donors (Lipinski definition) is 1. The SMILES string of the molecule is CCNCC1CC1(C)c1ccc2cc(OC)ccc2c1. The van der Waals surface area contributed by atoms with Crippen molar-refractivity contribution >= 4 is 10.8 Å². The third-order valence-electron chi connectivity index (χ3n) is 4.76. The Morgan fingerprint density at radius 1 is 1.20 bits per heavy atom. The molecule has 1 fully saturated rings. The number of methoxy groups -OCH3 is 1. The second kappa shape index (κ2) is 5.10. The Hall–Kier alpha value is -1.54. The lowest BCUT2D eigenvalue weighted by Gasteiger charge is -2.13. The smallest absolute Gasteiger partial charge is 0.119 e. The first kappa shape index (κ1) is 13.4. The molecule has 0 saturated heterocycles. The van der Waals surface area contributed by atoms with Crippen LogP contribution >= 0.6 is 0 Å². The van der Waals surface area contributed by atoms with Gasteiger partial charge in [-0.05, 0) is 59.3 Å². The Bertz CT molecular complexity index is 622. The molecule has 1 saturated carbocycles. The molecule has 1 aliphatic rings. The molecule has 2 aromatic rings. The van der Waals surface area contributed by atoms with Crippen LogP contribution in [0.3, 0.4) is 0 Å². The molecule has 0 bridgehead atoms. The van der Waals surface area contributed by atoms with Gasteiger partial charge in [0.2, 0.25) is 0 Å². The molecular weight excluding hydrogens is 246 g/mol. The molecule has 0 aliphatic heterocycles. The molecule has 0 radical (unpaired) electrons. The summed E-state index contributed by atoms with van der Waals surface area (Å²) in [6.07, 6.45) is 1.29. The van der Waals surface area contributed by atoms with Crippen molar-refractivity contribution in [3.05, 3.63) is 42.0 Å². The van der Waals surface area contributed by atoms with Crippen LogP contribution in [-0.4, -0.2) is 20.2 Å². The first-order chi connectivity index (χ1) is 9.67. The molecule has 2 heteroatoms. The molecule has 2 aromatic carbocycles. The van der Waals surface area contributed by atoms with Gasteiger partial charge in [-0.2, -0.15) is 0 Å². The van der Waals surface area contributed by atoms with E-state index in [-0.39, 0.29) is 0 Å². The van der Waals surface area contributed by atoms with E-state index in [2.05, 4.69) is 49.5 Å². The van der Waals surface area contributed by atoms with Crippen LogP contribution in [0.15, 0.2) is 36.4 Å². The number of hydrogen-bond acceptors (Lipinski definition) is 2. The van der Waals surface area contributed by atoms with Gasteiger partial charge in [-0.15, -0.1) is 0 Å². The Labute approximate surface area is 121 Å². The van der Waals surface area contributed by atoms with Crippen molar-refractivity contribution in [3.8, 4) is 5.75 Å². The van der Waals surface area contributed by atoms with E-state index in [0.29, 0.717) is 5.41 Å². The second-order valence-electron chi connectivity index (χ2n) is 6.05. The highest BCUT2D eigenvalue weighted by molar-refractivity contribution is 5.85. The summed E-state index contributed by atoms with van der Waals surface area (Å²) in [5, 5.41) is 6.03. The molecule has 1 N–H and O–H groups in total. The van der Waals surface area contributed by atoms with Gasteiger partial charge in [0, 0.05) is 0 Å². The summed E-state index contributed by atoms with van der Waals surface area (Å²) in [5.74, 6) is 1.70. The van der Waals surface area contributed by atoms with Crippen LogP contribution in [-0.2, 0) is 5.41 Å². The van der Waals surface area contributed by atoms with Crippen molar-refractivity contribution < 1.29 is 4.74 Å². The average molecular weight is 269 g/mol. The Morgan fingerprint density at radius 3 is 2.70 bits per heavy atom. The maximum Gasteiger partial charge on any atom is 0.119 e. The minimum Gasteiger partial charge on any atom is -0.497 e. The molecule has 2 atom stereocenters. The van der Waals surface area contributed by atoms with E-state index < -0.39 is 0 Å². The van der Waals surface area contributed by atoms with Crippen molar-refractivity contribution in [1.29, 1.82) is 0 Å². The molecule has 20 heavy (non-hydrogen) atoms. The van der Waals surface area contributed by atoms with Crippen LogP contribution in [0.2, 0.25) is 0 Å². The van der Waals surface area contributed by atoms with E-state index in [0.717, 1.165) is 24.8 Å². The Balaban J connectivity index is 1.87. The minimum atomic E-state index is 0.357. The standard InChI is InChI=1S/C18H23NO/c1-4-19-12-16-11-18(16,2)15-7-5-14-10-17(20-3)8-6-13(14)9-15/h5-10,16,19H,4,11-12H2,1-3H3. The van der Waals surface area contributed by atoms with Crippen molar-refractivity contribution in [2.45, 2.75) is 25.7 Å². The van der Waals surface area contributed by atoms with Crippen molar-refractivity contribution in [3.63, 3.8) is 0 Å². The zero-order chi connectivity index (χ0) is 14.2. The zero-order valence-electron chi connectivity index (χ0n) is 12.6. The quantitative estimate of drug-likeness (QED) is 0.893.